The van der Waals surface area contributed by atoms with Crippen LogP contribution in [0.3, 0.4) is 0 Å². The molecular formula is C43H83NO8S. The number of ether oxygens (including phenoxy) is 2. The van der Waals surface area contributed by atoms with Crippen LogP contribution >= 0.6 is 0 Å². The van der Waals surface area contributed by atoms with E-state index in [0.29, 0.717) is 23.9 Å². The Labute approximate surface area is 327 Å². The Morgan fingerprint density at radius 1 is 0.566 bits per heavy atom. The number of esters is 2. The Balaban J connectivity index is 0. The van der Waals surface area contributed by atoms with Crippen molar-refractivity contribution >= 4 is 22.3 Å². The summed E-state index contributed by atoms with van der Waals surface area (Å²) < 4.78 is 43.0. The monoisotopic (exact) mass is 774 g/mol. The van der Waals surface area contributed by atoms with Crippen LogP contribution < -0.4 is 0 Å². The van der Waals surface area contributed by atoms with Gasteiger partial charge in [0, 0.05) is 12.8 Å². The summed E-state index contributed by atoms with van der Waals surface area (Å²) >= 11 is 0. The fourth-order valence-corrected chi connectivity index (χ4v) is 5.92. The molecule has 0 fully saturated rings. The molecule has 0 N–H and O–H groups in total. The lowest BCUT2D eigenvalue weighted by molar-refractivity contribution is -0.873. The maximum atomic E-state index is 12.6. The molecule has 0 saturated heterocycles. The SMILES string of the molecule is CCCCCCCCC=CCCCCCCCC(=O)OCC(C[N+](C)(C)C)OC(=O)CCCCCCCC=CCCCCCCCC.COS(=O)(=O)[O-]. The highest BCUT2D eigenvalue weighted by atomic mass is 32.3. The Morgan fingerprint density at radius 2 is 0.887 bits per heavy atom. The summed E-state index contributed by atoms with van der Waals surface area (Å²) in [7, 11) is 2.60. The Morgan fingerprint density at radius 3 is 1.23 bits per heavy atom. The molecule has 0 bridgehead atoms. The van der Waals surface area contributed by atoms with Crippen molar-refractivity contribution in [3.8, 4) is 0 Å². The van der Waals surface area contributed by atoms with Gasteiger partial charge in [-0.15, -0.1) is 0 Å². The lowest BCUT2D eigenvalue weighted by Crippen LogP contribution is -2.45. The van der Waals surface area contributed by atoms with Crippen molar-refractivity contribution < 1.29 is 40.7 Å². The minimum Gasteiger partial charge on any atom is -0.726 e. The van der Waals surface area contributed by atoms with Crippen LogP contribution in [-0.4, -0.2) is 76.9 Å². The third-order valence-corrected chi connectivity index (χ3v) is 9.38. The van der Waals surface area contributed by atoms with Crippen molar-refractivity contribution in [1.82, 2.24) is 0 Å². The zero-order valence-electron chi connectivity index (χ0n) is 35.2. The number of unbranched alkanes of at least 4 members (excludes halogenated alkanes) is 22. The molecule has 0 aliphatic rings. The lowest BCUT2D eigenvalue weighted by Gasteiger charge is -2.28. The predicted octanol–water partition coefficient (Wildman–Crippen LogP) is 11.3. The van der Waals surface area contributed by atoms with Gasteiger partial charge in [0.1, 0.15) is 13.2 Å². The number of likely N-dealkylation sites (N-methyl/N-ethyl adjacent to an activating group) is 1. The second-order valence-corrected chi connectivity index (χ2v) is 16.7. The molecule has 0 aromatic carbocycles. The van der Waals surface area contributed by atoms with Crippen LogP contribution in [-0.2, 0) is 33.6 Å². The van der Waals surface area contributed by atoms with E-state index in [4.69, 9.17) is 9.47 Å². The van der Waals surface area contributed by atoms with Crippen molar-refractivity contribution in [3.63, 3.8) is 0 Å². The summed E-state index contributed by atoms with van der Waals surface area (Å²) in [6, 6.07) is 0. The number of hydrogen-bond acceptors (Lipinski definition) is 8. The predicted molar refractivity (Wildman–Crippen MR) is 219 cm³/mol. The molecule has 0 saturated carbocycles. The molecule has 0 rings (SSSR count). The number of allylic oxidation sites excluding steroid dienone is 4. The van der Waals surface area contributed by atoms with Crippen LogP contribution in [0.25, 0.3) is 0 Å². The fraction of sp³-hybridized carbons (Fsp3) is 0.860. The average Bonchev–Trinajstić information content (AvgIpc) is 3.10. The van der Waals surface area contributed by atoms with Crippen molar-refractivity contribution in [2.45, 2.75) is 200 Å². The zero-order chi connectivity index (χ0) is 39.9. The van der Waals surface area contributed by atoms with Crippen LogP contribution in [0.1, 0.15) is 194 Å². The Bertz CT molecular complexity index is 991. The van der Waals surface area contributed by atoms with E-state index in [2.05, 4.69) is 63.5 Å². The van der Waals surface area contributed by atoms with Gasteiger partial charge in [-0.1, -0.05) is 141 Å². The van der Waals surface area contributed by atoms with Gasteiger partial charge in [0.25, 0.3) is 0 Å². The first-order valence-corrected chi connectivity index (χ1v) is 22.6. The highest BCUT2D eigenvalue weighted by Crippen LogP contribution is 2.13. The molecule has 0 aliphatic heterocycles. The molecule has 0 spiro atoms. The van der Waals surface area contributed by atoms with E-state index in [9.17, 15) is 22.6 Å². The summed E-state index contributed by atoms with van der Waals surface area (Å²) in [6.45, 7) is 5.31. The van der Waals surface area contributed by atoms with Crippen molar-refractivity contribution in [1.29, 1.82) is 0 Å². The maximum absolute atomic E-state index is 12.6. The van der Waals surface area contributed by atoms with Crippen LogP contribution in [0.2, 0.25) is 0 Å². The van der Waals surface area contributed by atoms with Gasteiger partial charge in [0.05, 0.1) is 28.3 Å². The number of carbonyl (C=O) groups excluding carboxylic acids is 2. The van der Waals surface area contributed by atoms with Crippen molar-refractivity contribution in [2.75, 3.05) is 41.4 Å². The highest BCUT2D eigenvalue weighted by Gasteiger charge is 2.23. The Kier molecular flexibility index (Phi) is 38.8. The average molecular weight is 774 g/mol. The van der Waals surface area contributed by atoms with Crippen molar-refractivity contribution in [3.05, 3.63) is 24.3 Å². The molecule has 9 nitrogen and oxygen atoms in total. The minimum absolute atomic E-state index is 0.150. The molecule has 0 aliphatic carbocycles. The van der Waals surface area contributed by atoms with E-state index < -0.39 is 16.5 Å². The fourth-order valence-electron chi connectivity index (χ4n) is 5.92. The molecule has 0 amide bonds. The molecule has 0 heterocycles. The Hall–Kier alpha value is -1.75. The zero-order valence-corrected chi connectivity index (χ0v) is 36.0. The molecule has 314 valence electrons. The summed E-state index contributed by atoms with van der Waals surface area (Å²) in [5, 5.41) is 0. The number of nitrogens with zero attached hydrogens (tertiary/aromatic N) is 1. The van der Waals surface area contributed by atoms with Gasteiger partial charge in [-0.05, 0) is 64.2 Å². The lowest BCUT2D eigenvalue weighted by atomic mass is 10.1. The van der Waals surface area contributed by atoms with Gasteiger partial charge in [-0.2, -0.15) is 0 Å². The normalized spacial score (nSPS) is 12.6. The maximum Gasteiger partial charge on any atom is 0.306 e. The molecule has 0 radical (unpaired) electrons. The number of hydrogen-bond donors (Lipinski definition) is 0. The minimum atomic E-state index is -4.41. The first-order valence-electron chi connectivity index (χ1n) is 21.3. The second kappa shape index (κ2) is 38.5. The van der Waals surface area contributed by atoms with Gasteiger partial charge in [-0.3, -0.25) is 13.8 Å². The van der Waals surface area contributed by atoms with E-state index in [-0.39, 0.29) is 18.5 Å². The van der Waals surface area contributed by atoms with Crippen LogP contribution in [0, 0.1) is 0 Å². The molecular weight excluding hydrogens is 691 g/mol. The van der Waals surface area contributed by atoms with E-state index in [1.807, 2.05) is 0 Å². The topological polar surface area (TPSA) is 119 Å². The smallest absolute Gasteiger partial charge is 0.306 e. The summed E-state index contributed by atoms with van der Waals surface area (Å²) in [4.78, 5) is 24.9. The first-order chi connectivity index (χ1) is 25.3. The van der Waals surface area contributed by atoms with Gasteiger partial charge in [-0.25, -0.2) is 8.42 Å². The standard InChI is InChI=1S/C42H80NO4.CH4O4S/c1-6-8-10-12-14-16-18-20-22-24-26-28-30-32-34-36-41(44)46-39-40(38-43(3,4)5)47-42(45)37-35-33-31-29-27-25-23-21-19-17-15-13-11-9-7-2;1-5-6(2,3)4/h20-23,40H,6-19,24-39H2,1-5H3;1H3,(H,2,3,4)/q+1;/p-1. The quantitative estimate of drug-likeness (QED) is 0.0154. The summed E-state index contributed by atoms with van der Waals surface area (Å²) in [5.74, 6) is -0.350. The second-order valence-electron chi connectivity index (χ2n) is 15.5. The van der Waals surface area contributed by atoms with E-state index in [1.54, 1.807) is 0 Å². The van der Waals surface area contributed by atoms with Gasteiger partial charge < -0.3 is 18.5 Å². The van der Waals surface area contributed by atoms with Crippen molar-refractivity contribution in [2.24, 2.45) is 0 Å². The van der Waals surface area contributed by atoms with Gasteiger partial charge >= 0.3 is 11.9 Å². The molecule has 1 unspecified atom stereocenters. The van der Waals surface area contributed by atoms with E-state index in [1.165, 1.54) is 128 Å². The van der Waals surface area contributed by atoms with Crippen LogP contribution in [0.4, 0.5) is 0 Å². The third-order valence-electron chi connectivity index (χ3n) is 8.97. The number of rotatable bonds is 36. The van der Waals surface area contributed by atoms with E-state index >= 15 is 0 Å². The number of quaternary nitrogens is 1. The van der Waals surface area contributed by atoms with Crippen LogP contribution in [0.5, 0.6) is 0 Å². The largest absolute Gasteiger partial charge is 0.726 e. The third kappa shape index (κ3) is 48.2. The molecule has 1 atom stereocenters. The summed E-state index contributed by atoms with van der Waals surface area (Å²) in [5.41, 5.74) is 0. The highest BCUT2D eigenvalue weighted by molar-refractivity contribution is 7.80. The van der Waals surface area contributed by atoms with Crippen LogP contribution in [0.15, 0.2) is 24.3 Å². The van der Waals surface area contributed by atoms with E-state index in [0.717, 1.165) is 45.6 Å². The molecule has 10 heteroatoms. The molecule has 0 aromatic heterocycles. The van der Waals surface area contributed by atoms with Gasteiger partial charge in [0.15, 0.2) is 6.10 Å². The molecule has 53 heavy (non-hydrogen) atoms. The summed E-state index contributed by atoms with van der Waals surface area (Å²) in [6.07, 6.45) is 42.1. The molecule has 0 aromatic rings. The van der Waals surface area contributed by atoms with Gasteiger partial charge in [0.2, 0.25) is 10.4 Å². The first kappa shape index (κ1) is 53.4. The number of carbonyl (C=O) groups is 2.